The molecule has 2 saturated heterocycles. The molecule has 3 atom stereocenters. The summed E-state index contributed by atoms with van der Waals surface area (Å²) >= 11 is 0. The van der Waals surface area contributed by atoms with Crippen molar-refractivity contribution < 1.29 is 9.18 Å². The zero-order valence-corrected chi connectivity index (χ0v) is 12.6. The van der Waals surface area contributed by atoms with Gasteiger partial charge in [-0.1, -0.05) is 12.1 Å². The molecule has 21 heavy (non-hydrogen) atoms. The van der Waals surface area contributed by atoms with Crippen LogP contribution in [0.3, 0.4) is 0 Å². The van der Waals surface area contributed by atoms with Crippen LogP contribution in [0.5, 0.6) is 0 Å². The van der Waals surface area contributed by atoms with Crippen LogP contribution in [0.25, 0.3) is 0 Å². The Morgan fingerprint density at radius 2 is 2.24 bits per heavy atom. The summed E-state index contributed by atoms with van der Waals surface area (Å²) in [5.41, 5.74) is 0.819. The number of carbonyl (C=O) groups excluding carboxylic acids is 1. The van der Waals surface area contributed by atoms with Crippen LogP contribution in [0.2, 0.25) is 0 Å². The summed E-state index contributed by atoms with van der Waals surface area (Å²) in [6, 6.07) is 6.30. The maximum atomic E-state index is 13.5. The van der Waals surface area contributed by atoms with Gasteiger partial charge in [-0.3, -0.25) is 10.1 Å². The summed E-state index contributed by atoms with van der Waals surface area (Å²) in [4.78, 5) is 16.6. The van der Waals surface area contributed by atoms with E-state index in [0.29, 0.717) is 5.92 Å². The summed E-state index contributed by atoms with van der Waals surface area (Å²) in [7, 11) is 2.11. The molecule has 2 fully saturated rings. The first kappa shape index (κ1) is 14.5. The van der Waals surface area contributed by atoms with Gasteiger partial charge in [-0.2, -0.15) is 0 Å². The van der Waals surface area contributed by atoms with E-state index in [0.717, 1.165) is 31.6 Å². The summed E-state index contributed by atoms with van der Waals surface area (Å²) in [6.07, 6.45) is 0.902. The Bertz CT molecular complexity index is 536. The predicted octanol–water partition coefficient (Wildman–Crippen LogP) is 1.60. The molecule has 0 bridgehead atoms. The normalized spacial score (nSPS) is 30.3. The molecule has 5 heteroatoms. The molecule has 0 aromatic heterocycles. The molecule has 2 aliphatic rings. The average Bonchev–Trinajstić information content (AvgIpc) is 2.98. The lowest BCUT2D eigenvalue weighted by atomic mass is 10.1. The van der Waals surface area contributed by atoms with Crippen LogP contribution in [0.4, 0.5) is 4.39 Å². The molecule has 0 aliphatic carbocycles. The first-order valence-electron chi connectivity index (χ1n) is 7.55. The van der Waals surface area contributed by atoms with Crippen LogP contribution < -0.4 is 5.32 Å². The Morgan fingerprint density at radius 1 is 1.43 bits per heavy atom. The Balaban J connectivity index is 1.79. The van der Waals surface area contributed by atoms with Crippen molar-refractivity contribution in [2.24, 2.45) is 5.92 Å². The molecular weight excluding hydrogens is 269 g/mol. The minimum atomic E-state index is -0.262. The number of rotatable bonds is 3. The highest BCUT2D eigenvalue weighted by atomic mass is 19.1. The van der Waals surface area contributed by atoms with Crippen molar-refractivity contribution in [1.29, 1.82) is 0 Å². The summed E-state index contributed by atoms with van der Waals surface area (Å²) < 4.78 is 13.5. The number of benzene rings is 1. The quantitative estimate of drug-likeness (QED) is 0.919. The van der Waals surface area contributed by atoms with E-state index in [2.05, 4.69) is 17.3 Å². The van der Waals surface area contributed by atoms with Gasteiger partial charge in [0.2, 0.25) is 5.91 Å². The van der Waals surface area contributed by atoms with E-state index < -0.39 is 0 Å². The van der Waals surface area contributed by atoms with Gasteiger partial charge < -0.3 is 9.80 Å². The Hall–Kier alpha value is -1.46. The molecule has 0 radical (unpaired) electrons. The molecule has 1 amide bonds. The highest BCUT2D eigenvalue weighted by molar-refractivity contribution is 5.84. The minimum Gasteiger partial charge on any atom is -0.321 e. The molecule has 114 valence electrons. The number of halogens is 1. The summed E-state index contributed by atoms with van der Waals surface area (Å²) in [5, 5.41) is 3.28. The maximum absolute atomic E-state index is 13.5. The van der Waals surface area contributed by atoms with Crippen LogP contribution >= 0.6 is 0 Å². The zero-order valence-electron chi connectivity index (χ0n) is 12.6. The molecule has 1 aromatic rings. The number of amides is 1. The van der Waals surface area contributed by atoms with Gasteiger partial charge in [-0.15, -0.1) is 0 Å². The van der Waals surface area contributed by atoms with E-state index in [4.69, 9.17) is 0 Å². The molecule has 4 nitrogen and oxygen atoms in total. The molecular formula is C16H22FN3O. The molecule has 2 aliphatic heterocycles. The second kappa shape index (κ2) is 5.73. The Kier molecular flexibility index (Phi) is 3.95. The van der Waals surface area contributed by atoms with E-state index >= 15 is 0 Å². The SMILES string of the molecule is CC1NC(c2cccc(F)c2)N(CC2CCN(C)C2)C1=O. The number of hydrogen-bond donors (Lipinski definition) is 1. The van der Waals surface area contributed by atoms with Crippen molar-refractivity contribution in [3.05, 3.63) is 35.6 Å². The minimum absolute atomic E-state index is 0.110. The topological polar surface area (TPSA) is 35.6 Å². The lowest BCUT2D eigenvalue weighted by molar-refractivity contribution is -0.130. The smallest absolute Gasteiger partial charge is 0.241 e. The van der Waals surface area contributed by atoms with Gasteiger partial charge in [-0.25, -0.2) is 4.39 Å². The van der Waals surface area contributed by atoms with Crippen molar-refractivity contribution in [2.45, 2.75) is 25.6 Å². The van der Waals surface area contributed by atoms with Gasteiger partial charge in [0.05, 0.1) is 6.04 Å². The van der Waals surface area contributed by atoms with Crippen LogP contribution in [0, 0.1) is 11.7 Å². The van der Waals surface area contributed by atoms with Gasteiger partial charge in [0.1, 0.15) is 12.0 Å². The van der Waals surface area contributed by atoms with Crippen LogP contribution in [-0.4, -0.2) is 48.4 Å². The average molecular weight is 291 g/mol. The fraction of sp³-hybridized carbons (Fsp3) is 0.562. The predicted molar refractivity (Wildman–Crippen MR) is 79.1 cm³/mol. The second-order valence-corrected chi connectivity index (χ2v) is 6.25. The van der Waals surface area contributed by atoms with E-state index in [9.17, 15) is 9.18 Å². The lowest BCUT2D eigenvalue weighted by Gasteiger charge is -2.27. The fourth-order valence-electron chi connectivity index (χ4n) is 3.38. The van der Waals surface area contributed by atoms with E-state index in [-0.39, 0.29) is 23.9 Å². The zero-order chi connectivity index (χ0) is 15.0. The van der Waals surface area contributed by atoms with Crippen LogP contribution in [-0.2, 0) is 4.79 Å². The highest BCUT2D eigenvalue weighted by Crippen LogP contribution is 2.28. The van der Waals surface area contributed by atoms with Crippen LogP contribution in [0.15, 0.2) is 24.3 Å². The largest absolute Gasteiger partial charge is 0.321 e. The first-order chi connectivity index (χ1) is 10.0. The molecule has 2 heterocycles. The number of nitrogens with zero attached hydrogens (tertiary/aromatic N) is 2. The van der Waals surface area contributed by atoms with Crippen molar-refractivity contribution in [2.75, 3.05) is 26.7 Å². The van der Waals surface area contributed by atoms with Crippen molar-refractivity contribution in [3.63, 3.8) is 0 Å². The molecule has 0 spiro atoms. The van der Waals surface area contributed by atoms with Crippen molar-refractivity contribution in [1.82, 2.24) is 15.1 Å². The number of nitrogens with one attached hydrogen (secondary N) is 1. The molecule has 1 N–H and O–H groups in total. The number of likely N-dealkylation sites (tertiary alicyclic amines) is 1. The maximum Gasteiger partial charge on any atom is 0.241 e. The molecule has 1 aromatic carbocycles. The first-order valence-corrected chi connectivity index (χ1v) is 7.55. The van der Waals surface area contributed by atoms with Gasteiger partial charge in [0.25, 0.3) is 0 Å². The Morgan fingerprint density at radius 3 is 2.90 bits per heavy atom. The Labute approximate surface area is 124 Å². The van der Waals surface area contributed by atoms with Crippen LogP contribution in [0.1, 0.15) is 25.1 Å². The van der Waals surface area contributed by atoms with Gasteiger partial charge >= 0.3 is 0 Å². The third-order valence-corrected chi connectivity index (χ3v) is 4.48. The van der Waals surface area contributed by atoms with E-state index in [1.165, 1.54) is 12.1 Å². The third-order valence-electron chi connectivity index (χ3n) is 4.48. The van der Waals surface area contributed by atoms with E-state index in [1.54, 1.807) is 6.07 Å². The lowest BCUT2D eigenvalue weighted by Crippen LogP contribution is -2.35. The van der Waals surface area contributed by atoms with Crippen molar-refractivity contribution >= 4 is 5.91 Å². The van der Waals surface area contributed by atoms with Crippen molar-refractivity contribution in [3.8, 4) is 0 Å². The number of hydrogen-bond acceptors (Lipinski definition) is 3. The monoisotopic (exact) mass is 291 g/mol. The van der Waals surface area contributed by atoms with Gasteiger partial charge in [0.15, 0.2) is 0 Å². The summed E-state index contributed by atoms with van der Waals surface area (Å²) in [6.45, 7) is 4.71. The van der Waals surface area contributed by atoms with E-state index in [1.807, 2.05) is 17.9 Å². The third kappa shape index (κ3) is 2.94. The van der Waals surface area contributed by atoms with Gasteiger partial charge in [-0.05, 0) is 50.6 Å². The standard InChI is InChI=1S/C16H22FN3O/c1-11-16(21)20(10-12-6-7-19(2)9-12)15(18-11)13-4-3-5-14(17)8-13/h3-5,8,11-12,15,18H,6-7,9-10H2,1-2H3. The molecule has 0 saturated carbocycles. The highest BCUT2D eigenvalue weighted by Gasteiger charge is 2.38. The second-order valence-electron chi connectivity index (χ2n) is 6.25. The number of carbonyl (C=O) groups is 1. The van der Waals surface area contributed by atoms with Gasteiger partial charge in [0, 0.05) is 13.1 Å². The molecule has 3 unspecified atom stereocenters. The summed E-state index contributed by atoms with van der Waals surface area (Å²) in [5.74, 6) is 0.350. The molecule has 3 rings (SSSR count). The fourth-order valence-corrected chi connectivity index (χ4v) is 3.38.